The Morgan fingerprint density at radius 2 is 1.74 bits per heavy atom. The van der Waals surface area contributed by atoms with Gasteiger partial charge in [0, 0.05) is 18.8 Å². The average Bonchev–Trinajstić information content (AvgIpc) is 3.46. The summed E-state index contributed by atoms with van der Waals surface area (Å²) in [6, 6.07) is 13.8. The normalized spacial score (nSPS) is 15.4. The maximum Gasteiger partial charge on any atom is 0.319 e. The summed E-state index contributed by atoms with van der Waals surface area (Å²) in [5.41, 5.74) is 2.70. The van der Waals surface area contributed by atoms with Crippen molar-refractivity contribution in [2.45, 2.75) is 43.7 Å². The number of hydrogen-bond acceptors (Lipinski definition) is 3. The lowest BCUT2D eigenvalue weighted by molar-refractivity contribution is 0.249. The van der Waals surface area contributed by atoms with E-state index in [1.165, 1.54) is 16.4 Å². The third-order valence-corrected chi connectivity index (χ3v) is 6.78. The monoisotopic (exact) mass is 387 g/mol. The van der Waals surface area contributed by atoms with Crippen molar-refractivity contribution < 1.29 is 13.2 Å². The van der Waals surface area contributed by atoms with E-state index in [2.05, 4.69) is 10.6 Å². The number of amides is 2. The van der Waals surface area contributed by atoms with Crippen LogP contribution in [0.4, 0.5) is 10.5 Å². The number of rotatable bonds is 6. The first kappa shape index (κ1) is 19.4. The van der Waals surface area contributed by atoms with Gasteiger partial charge in [-0.15, -0.1) is 0 Å². The van der Waals surface area contributed by atoms with Crippen molar-refractivity contribution in [3.8, 4) is 0 Å². The van der Waals surface area contributed by atoms with Crippen LogP contribution in [0.2, 0.25) is 0 Å². The molecule has 0 radical (unpaired) electrons. The number of urea groups is 1. The van der Waals surface area contributed by atoms with Crippen LogP contribution < -0.4 is 10.6 Å². The van der Waals surface area contributed by atoms with Gasteiger partial charge >= 0.3 is 6.03 Å². The Morgan fingerprint density at radius 3 is 2.33 bits per heavy atom. The summed E-state index contributed by atoms with van der Waals surface area (Å²) < 4.78 is 26.4. The fourth-order valence-electron chi connectivity index (χ4n) is 3.03. The van der Waals surface area contributed by atoms with E-state index in [9.17, 15) is 13.2 Å². The summed E-state index contributed by atoms with van der Waals surface area (Å²) in [6.07, 6.45) is 1.82. The standard InChI is InChI=1S/C20H25N3O3S/c1-14-6-4-5-7-19(14)15(2)21-20(24)22-16-8-12-18(13-9-16)27(25,26)23(3)17-10-11-17/h4-9,12-13,15,17H,10-11H2,1-3H3,(H2,21,22,24). The van der Waals surface area contributed by atoms with E-state index in [0.717, 1.165) is 24.0 Å². The fourth-order valence-corrected chi connectivity index (χ4v) is 4.44. The minimum Gasteiger partial charge on any atom is -0.331 e. The Bertz CT molecular complexity index is 922. The topological polar surface area (TPSA) is 78.5 Å². The Morgan fingerprint density at radius 1 is 1.11 bits per heavy atom. The van der Waals surface area contributed by atoms with Crippen LogP contribution in [0.3, 0.4) is 0 Å². The minimum absolute atomic E-state index is 0.113. The summed E-state index contributed by atoms with van der Waals surface area (Å²) >= 11 is 0. The molecular weight excluding hydrogens is 362 g/mol. The second-order valence-electron chi connectivity index (χ2n) is 6.95. The molecular formula is C20H25N3O3S. The third-order valence-electron chi connectivity index (χ3n) is 4.85. The highest BCUT2D eigenvalue weighted by atomic mass is 32.2. The van der Waals surface area contributed by atoms with E-state index in [1.807, 2.05) is 38.1 Å². The molecule has 0 aromatic heterocycles. The summed E-state index contributed by atoms with van der Waals surface area (Å²) in [7, 11) is -1.87. The van der Waals surface area contributed by atoms with Crippen LogP contribution in [0.15, 0.2) is 53.4 Å². The van der Waals surface area contributed by atoms with Crippen molar-refractivity contribution in [3.05, 3.63) is 59.7 Å². The van der Waals surface area contributed by atoms with Gasteiger partial charge in [0.2, 0.25) is 10.0 Å². The van der Waals surface area contributed by atoms with Gasteiger partial charge in [0.1, 0.15) is 0 Å². The van der Waals surface area contributed by atoms with Crippen molar-refractivity contribution >= 4 is 21.7 Å². The van der Waals surface area contributed by atoms with E-state index in [4.69, 9.17) is 0 Å². The maximum absolute atomic E-state index is 12.5. The highest BCUT2D eigenvalue weighted by Crippen LogP contribution is 2.30. The first-order chi connectivity index (χ1) is 12.8. The SMILES string of the molecule is Cc1ccccc1C(C)NC(=O)Nc1ccc(S(=O)(=O)N(C)C2CC2)cc1. The molecule has 3 rings (SSSR count). The molecule has 2 N–H and O–H groups in total. The predicted octanol–water partition coefficient (Wildman–Crippen LogP) is 3.66. The highest BCUT2D eigenvalue weighted by molar-refractivity contribution is 7.89. The number of hydrogen-bond donors (Lipinski definition) is 2. The predicted molar refractivity (Wildman–Crippen MR) is 106 cm³/mol. The molecule has 7 heteroatoms. The molecule has 27 heavy (non-hydrogen) atoms. The molecule has 0 saturated heterocycles. The number of anilines is 1. The van der Waals surface area contributed by atoms with E-state index in [0.29, 0.717) is 5.69 Å². The molecule has 1 aliphatic carbocycles. The van der Waals surface area contributed by atoms with Gasteiger partial charge in [-0.2, -0.15) is 4.31 Å². The summed E-state index contributed by atoms with van der Waals surface area (Å²) in [5, 5.41) is 5.64. The van der Waals surface area contributed by atoms with Crippen LogP contribution >= 0.6 is 0 Å². The average molecular weight is 388 g/mol. The lowest BCUT2D eigenvalue weighted by Gasteiger charge is -2.18. The Hall–Kier alpha value is -2.38. The third kappa shape index (κ3) is 4.48. The van der Waals surface area contributed by atoms with Crippen molar-refractivity contribution in [3.63, 3.8) is 0 Å². The molecule has 0 heterocycles. The number of carbonyl (C=O) groups is 1. The summed E-state index contributed by atoms with van der Waals surface area (Å²) in [5.74, 6) is 0. The van der Waals surface area contributed by atoms with Crippen LogP contribution in [-0.4, -0.2) is 31.8 Å². The van der Waals surface area contributed by atoms with Gasteiger partial charge in [0.05, 0.1) is 10.9 Å². The van der Waals surface area contributed by atoms with Gasteiger partial charge in [-0.05, 0) is 62.1 Å². The Labute approximate surface area is 160 Å². The fraction of sp³-hybridized carbons (Fsp3) is 0.350. The molecule has 1 atom stereocenters. The number of nitrogens with zero attached hydrogens (tertiary/aromatic N) is 1. The molecule has 2 aromatic carbocycles. The molecule has 144 valence electrons. The summed E-state index contributed by atoms with van der Waals surface area (Å²) in [6.45, 7) is 3.93. The van der Waals surface area contributed by atoms with Crippen LogP contribution in [0.1, 0.15) is 36.9 Å². The zero-order valence-corrected chi connectivity index (χ0v) is 16.6. The zero-order chi connectivity index (χ0) is 19.6. The number of aryl methyl sites for hydroxylation is 1. The molecule has 0 spiro atoms. The molecule has 0 bridgehead atoms. The highest BCUT2D eigenvalue weighted by Gasteiger charge is 2.34. The smallest absolute Gasteiger partial charge is 0.319 e. The van der Waals surface area contributed by atoms with E-state index >= 15 is 0 Å². The maximum atomic E-state index is 12.5. The van der Waals surface area contributed by atoms with E-state index in [1.54, 1.807) is 19.2 Å². The van der Waals surface area contributed by atoms with E-state index < -0.39 is 10.0 Å². The molecule has 6 nitrogen and oxygen atoms in total. The van der Waals surface area contributed by atoms with Gasteiger partial charge in [-0.25, -0.2) is 13.2 Å². The molecule has 2 amide bonds. The lowest BCUT2D eigenvalue weighted by atomic mass is 10.0. The van der Waals surface area contributed by atoms with Crippen LogP contribution in [0.25, 0.3) is 0 Å². The van der Waals surface area contributed by atoms with Crippen LogP contribution in [0.5, 0.6) is 0 Å². The lowest BCUT2D eigenvalue weighted by Crippen LogP contribution is -2.31. The Kier molecular flexibility index (Phi) is 5.53. The number of benzene rings is 2. The quantitative estimate of drug-likeness (QED) is 0.794. The molecule has 2 aromatic rings. The number of nitrogens with one attached hydrogen (secondary N) is 2. The number of sulfonamides is 1. The van der Waals surface area contributed by atoms with Crippen LogP contribution in [0, 0.1) is 6.92 Å². The van der Waals surface area contributed by atoms with Crippen molar-refractivity contribution in [2.24, 2.45) is 0 Å². The molecule has 1 unspecified atom stereocenters. The first-order valence-corrected chi connectivity index (χ1v) is 10.4. The van der Waals surface area contributed by atoms with Gasteiger partial charge < -0.3 is 10.6 Å². The van der Waals surface area contributed by atoms with E-state index in [-0.39, 0.29) is 23.0 Å². The number of carbonyl (C=O) groups excluding carboxylic acids is 1. The van der Waals surface area contributed by atoms with Crippen molar-refractivity contribution in [2.75, 3.05) is 12.4 Å². The second kappa shape index (κ2) is 7.70. The van der Waals surface area contributed by atoms with Gasteiger partial charge in [0.15, 0.2) is 0 Å². The minimum atomic E-state index is -3.48. The van der Waals surface area contributed by atoms with Crippen molar-refractivity contribution in [1.29, 1.82) is 0 Å². The van der Waals surface area contributed by atoms with Gasteiger partial charge in [-0.1, -0.05) is 24.3 Å². The Balaban J connectivity index is 1.62. The van der Waals surface area contributed by atoms with Crippen LogP contribution in [-0.2, 0) is 10.0 Å². The van der Waals surface area contributed by atoms with Gasteiger partial charge in [-0.3, -0.25) is 0 Å². The molecule has 1 aliphatic rings. The van der Waals surface area contributed by atoms with Gasteiger partial charge in [0.25, 0.3) is 0 Å². The first-order valence-electron chi connectivity index (χ1n) is 9.00. The van der Waals surface area contributed by atoms with Crippen molar-refractivity contribution in [1.82, 2.24) is 9.62 Å². The zero-order valence-electron chi connectivity index (χ0n) is 15.8. The molecule has 1 saturated carbocycles. The largest absolute Gasteiger partial charge is 0.331 e. The summed E-state index contributed by atoms with van der Waals surface area (Å²) in [4.78, 5) is 12.5. The second-order valence-corrected chi connectivity index (χ2v) is 8.95. The molecule has 1 fully saturated rings. The molecule has 0 aliphatic heterocycles.